The second-order valence-corrected chi connectivity index (χ2v) is 6.05. The minimum atomic E-state index is -0.217. The van der Waals surface area contributed by atoms with Gasteiger partial charge in [-0.25, -0.2) is 4.98 Å². The molecule has 0 radical (unpaired) electrons. The zero-order valence-corrected chi connectivity index (χ0v) is 13.1. The van der Waals surface area contributed by atoms with Crippen LogP contribution in [0.1, 0.15) is 36.0 Å². The number of nitrogens with zero attached hydrogens (tertiary/aromatic N) is 2. The van der Waals surface area contributed by atoms with Gasteiger partial charge in [-0.3, -0.25) is 4.79 Å². The summed E-state index contributed by atoms with van der Waals surface area (Å²) in [5.41, 5.74) is 5.99. The molecular weight excluding hydrogens is 282 g/mol. The third-order valence-corrected chi connectivity index (χ3v) is 4.37. The van der Waals surface area contributed by atoms with Crippen LogP contribution in [0.4, 0.5) is 5.82 Å². The van der Waals surface area contributed by atoms with Crippen LogP contribution in [0.15, 0.2) is 18.3 Å². The second-order valence-electron chi connectivity index (χ2n) is 6.05. The first-order valence-corrected chi connectivity index (χ1v) is 7.71. The maximum Gasteiger partial charge on any atom is 0.254 e. The van der Waals surface area contributed by atoms with Crippen LogP contribution in [0.5, 0.6) is 0 Å². The number of piperidine rings is 1. The summed E-state index contributed by atoms with van der Waals surface area (Å²) in [4.78, 5) is 18.4. The van der Waals surface area contributed by atoms with E-state index in [4.69, 9.17) is 10.5 Å². The summed E-state index contributed by atoms with van der Waals surface area (Å²) in [6, 6.07) is 3.28. The first kappa shape index (κ1) is 16.7. The molecule has 1 atom stereocenters. The van der Waals surface area contributed by atoms with Crippen molar-refractivity contribution in [1.82, 2.24) is 9.88 Å². The Hall–Kier alpha value is -1.66. The van der Waals surface area contributed by atoms with E-state index >= 15 is 0 Å². The highest BCUT2D eigenvalue weighted by Crippen LogP contribution is 2.34. The van der Waals surface area contributed by atoms with Crippen LogP contribution in [0.3, 0.4) is 0 Å². The normalized spacial score (nSPS) is 21.8. The van der Waals surface area contributed by atoms with Gasteiger partial charge in [0.15, 0.2) is 0 Å². The number of carbonyl (C=O) groups is 1. The van der Waals surface area contributed by atoms with Crippen LogP contribution in [0, 0.1) is 5.41 Å². The summed E-state index contributed by atoms with van der Waals surface area (Å²) in [6.45, 7) is 2.07. The van der Waals surface area contributed by atoms with Crippen molar-refractivity contribution in [2.24, 2.45) is 5.41 Å². The first-order chi connectivity index (χ1) is 10.6. The molecule has 1 amide bonds. The smallest absolute Gasteiger partial charge is 0.254 e. The van der Waals surface area contributed by atoms with Crippen molar-refractivity contribution in [1.29, 1.82) is 0 Å². The topological polar surface area (TPSA) is 88.7 Å². The average molecular weight is 307 g/mol. The van der Waals surface area contributed by atoms with Crippen LogP contribution in [0.25, 0.3) is 0 Å². The van der Waals surface area contributed by atoms with Crippen molar-refractivity contribution >= 4 is 11.7 Å². The SMILES string of the molecule is COCCC[C@]1(CO)CCCN(C(=O)c2ccnc(N)c2)C1. The number of rotatable bonds is 6. The minimum Gasteiger partial charge on any atom is -0.396 e. The molecule has 1 aliphatic rings. The Morgan fingerprint density at radius 1 is 1.59 bits per heavy atom. The number of carbonyl (C=O) groups excluding carboxylic acids is 1. The van der Waals surface area contributed by atoms with Crippen molar-refractivity contribution in [3.63, 3.8) is 0 Å². The molecule has 0 saturated carbocycles. The molecule has 2 heterocycles. The molecule has 2 rings (SSSR count). The Kier molecular flexibility index (Phi) is 5.74. The van der Waals surface area contributed by atoms with Gasteiger partial charge in [0.05, 0.1) is 6.61 Å². The fraction of sp³-hybridized carbons (Fsp3) is 0.625. The molecule has 1 aromatic heterocycles. The number of nitrogen functional groups attached to an aromatic ring is 1. The van der Waals surface area contributed by atoms with Crippen LogP contribution < -0.4 is 5.73 Å². The van der Waals surface area contributed by atoms with Crippen molar-refractivity contribution in [2.75, 3.05) is 39.1 Å². The molecule has 0 bridgehead atoms. The Morgan fingerprint density at radius 3 is 3.09 bits per heavy atom. The molecule has 1 fully saturated rings. The molecule has 122 valence electrons. The average Bonchev–Trinajstić information content (AvgIpc) is 2.54. The molecular formula is C16H25N3O3. The van der Waals surface area contributed by atoms with E-state index in [-0.39, 0.29) is 17.9 Å². The van der Waals surface area contributed by atoms with Gasteiger partial charge in [-0.2, -0.15) is 0 Å². The van der Waals surface area contributed by atoms with Gasteiger partial charge in [0, 0.05) is 44.0 Å². The van der Waals surface area contributed by atoms with Crippen LogP contribution in [0.2, 0.25) is 0 Å². The third-order valence-electron chi connectivity index (χ3n) is 4.37. The standard InChI is InChI=1S/C16H25N3O3/c1-22-9-3-6-16(12-20)5-2-8-19(11-16)15(21)13-4-7-18-14(17)10-13/h4,7,10,20H,2-3,5-6,8-9,11-12H2,1H3,(H2,17,18)/t16-/m1/s1. The quantitative estimate of drug-likeness (QED) is 0.773. The van der Waals surface area contributed by atoms with E-state index in [1.165, 1.54) is 0 Å². The molecule has 1 aromatic rings. The summed E-state index contributed by atoms with van der Waals surface area (Å²) >= 11 is 0. The molecule has 22 heavy (non-hydrogen) atoms. The number of methoxy groups -OCH3 is 1. The number of likely N-dealkylation sites (tertiary alicyclic amines) is 1. The Balaban J connectivity index is 2.06. The number of aromatic nitrogens is 1. The molecule has 1 aliphatic heterocycles. The number of ether oxygens (including phenoxy) is 1. The highest BCUT2D eigenvalue weighted by molar-refractivity contribution is 5.94. The lowest BCUT2D eigenvalue weighted by atomic mass is 9.77. The number of aliphatic hydroxyl groups excluding tert-OH is 1. The first-order valence-electron chi connectivity index (χ1n) is 7.71. The van der Waals surface area contributed by atoms with Crippen molar-refractivity contribution in [2.45, 2.75) is 25.7 Å². The molecule has 0 aromatic carbocycles. The van der Waals surface area contributed by atoms with Gasteiger partial charge < -0.3 is 20.5 Å². The molecule has 0 spiro atoms. The second kappa shape index (κ2) is 7.56. The van der Waals surface area contributed by atoms with Crippen LogP contribution in [-0.2, 0) is 4.74 Å². The number of hydrogen-bond acceptors (Lipinski definition) is 5. The zero-order valence-electron chi connectivity index (χ0n) is 13.1. The predicted molar refractivity (Wildman–Crippen MR) is 84.4 cm³/mol. The van der Waals surface area contributed by atoms with Gasteiger partial charge in [-0.1, -0.05) is 0 Å². The minimum absolute atomic E-state index is 0.0432. The lowest BCUT2D eigenvalue weighted by Gasteiger charge is -2.42. The number of amides is 1. The fourth-order valence-corrected chi connectivity index (χ4v) is 3.15. The monoisotopic (exact) mass is 307 g/mol. The lowest BCUT2D eigenvalue weighted by Crippen LogP contribution is -2.48. The fourth-order valence-electron chi connectivity index (χ4n) is 3.15. The van der Waals surface area contributed by atoms with Gasteiger partial charge in [-0.15, -0.1) is 0 Å². The summed E-state index contributed by atoms with van der Waals surface area (Å²) < 4.78 is 5.10. The van der Waals surface area contributed by atoms with E-state index in [1.807, 2.05) is 4.90 Å². The third kappa shape index (κ3) is 3.96. The van der Waals surface area contributed by atoms with Crippen molar-refractivity contribution < 1.29 is 14.6 Å². The Labute approximate surface area is 131 Å². The van der Waals surface area contributed by atoms with Crippen LogP contribution in [-0.4, -0.2) is 54.3 Å². The molecule has 3 N–H and O–H groups in total. The highest BCUT2D eigenvalue weighted by atomic mass is 16.5. The van der Waals surface area contributed by atoms with E-state index in [0.29, 0.717) is 31.1 Å². The largest absolute Gasteiger partial charge is 0.396 e. The van der Waals surface area contributed by atoms with Gasteiger partial charge in [0.1, 0.15) is 5.82 Å². The number of nitrogens with two attached hydrogens (primary N) is 1. The zero-order chi connectivity index (χ0) is 16.0. The number of hydrogen-bond donors (Lipinski definition) is 2. The van der Waals surface area contributed by atoms with Crippen LogP contribution >= 0.6 is 0 Å². The maximum atomic E-state index is 12.6. The lowest BCUT2D eigenvalue weighted by molar-refractivity contribution is 0.0180. The summed E-state index contributed by atoms with van der Waals surface area (Å²) in [5.74, 6) is 0.301. The summed E-state index contributed by atoms with van der Waals surface area (Å²) in [5, 5.41) is 9.85. The summed E-state index contributed by atoms with van der Waals surface area (Å²) in [6.07, 6.45) is 5.14. The Bertz CT molecular complexity index is 509. The summed E-state index contributed by atoms with van der Waals surface area (Å²) in [7, 11) is 1.68. The highest BCUT2D eigenvalue weighted by Gasteiger charge is 2.36. The molecule has 6 heteroatoms. The van der Waals surface area contributed by atoms with Gasteiger partial charge in [0.25, 0.3) is 5.91 Å². The molecule has 6 nitrogen and oxygen atoms in total. The molecule has 0 unspecified atom stereocenters. The predicted octanol–water partition coefficient (Wildman–Crippen LogP) is 1.31. The van der Waals surface area contributed by atoms with Gasteiger partial charge in [-0.05, 0) is 37.8 Å². The van der Waals surface area contributed by atoms with Gasteiger partial charge in [0.2, 0.25) is 0 Å². The van der Waals surface area contributed by atoms with E-state index in [2.05, 4.69) is 4.98 Å². The maximum absolute atomic E-state index is 12.6. The number of aliphatic hydroxyl groups is 1. The van der Waals surface area contributed by atoms with E-state index in [0.717, 1.165) is 25.7 Å². The molecule has 0 aliphatic carbocycles. The van der Waals surface area contributed by atoms with Crippen molar-refractivity contribution in [3.05, 3.63) is 23.9 Å². The van der Waals surface area contributed by atoms with Gasteiger partial charge >= 0.3 is 0 Å². The molecule has 1 saturated heterocycles. The number of pyridine rings is 1. The van der Waals surface area contributed by atoms with E-state index < -0.39 is 0 Å². The number of anilines is 1. The van der Waals surface area contributed by atoms with E-state index in [9.17, 15) is 9.90 Å². The van der Waals surface area contributed by atoms with E-state index in [1.54, 1.807) is 25.4 Å². The van der Waals surface area contributed by atoms with Crippen molar-refractivity contribution in [3.8, 4) is 0 Å². The Morgan fingerprint density at radius 2 is 2.41 bits per heavy atom.